The molecule has 1 atom stereocenters. The van der Waals surface area contributed by atoms with Crippen LogP contribution in [-0.2, 0) is 9.53 Å². The molecular formula is C14H17BrN2O2S2. The summed E-state index contributed by atoms with van der Waals surface area (Å²) in [6.07, 6.45) is 0. The Morgan fingerprint density at radius 2 is 2.24 bits per heavy atom. The van der Waals surface area contributed by atoms with Gasteiger partial charge < -0.3 is 15.4 Å². The highest BCUT2D eigenvalue weighted by Gasteiger charge is 2.31. The summed E-state index contributed by atoms with van der Waals surface area (Å²) in [6, 6.07) is 3.66. The van der Waals surface area contributed by atoms with Gasteiger partial charge in [-0.05, 0) is 53.1 Å². The molecule has 0 bridgehead atoms. The van der Waals surface area contributed by atoms with Crippen molar-refractivity contribution < 1.29 is 9.53 Å². The average Bonchev–Trinajstić information content (AvgIpc) is 2.81. The van der Waals surface area contributed by atoms with Crippen LogP contribution in [-0.4, -0.2) is 17.7 Å². The number of rotatable bonds is 4. The predicted molar refractivity (Wildman–Crippen MR) is 92.1 cm³/mol. The van der Waals surface area contributed by atoms with Crippen LogP contribution >= 0.6 is 39.5 Å². The average molecular weight is 389 g/mol. The van der Waals surface area contributed by atoms with Crippen molar-refractivity contribution >= 4 is 50.6 Å². The first-order chi connectivity index (χ1) is 9.88. The molecule has 0 radical (unpaired) electrons. The summed E-state index contributed by atoms with van der Waals surface area (Å²) in [4.78, 5) is 13.4. The number of halogens is 1. The fraction of sp³-hybridized carbons (Fsp3) is 0.429. The molecular weight excluding hydrogens is 372 g/mol. The van der Waals surface area contributed by atoms with E-state index in [0.29, 0.717) is 23.2 Å². The molecule has 1 aromatic rings. The third-order valence-electron chi connectivity index (χ3n) is 2.92. The van der Waals surface area contributed by atoms with Crippen LogP contribution in [0.4, 0.5) is 0 Å². The lowest BCUT2D eigenvalue weighted by atomic mass is 10.0. The molecule has 0 spiro atoms. The van der Waals surface area contributed by atoms with Gasteiger partial charge in [-0.2, -0.15) is 0 Å². The van der Waals surface area contributed by atoms with Crippen LogP contribution in [0.15, 0.2) is 27.2 Å². The number of carbonyl (C=O) groups excluding carboxylic acids is 1. The topological polar surface area (TPSA) is 50.4 Å². The SMILES string of the molecule is CC1=C(C(=O)OCC(C)C)[C@H](c2ccc(Br)s2)NC(=S)N1. The maximum atomic E-state index is 12.4. The van der Waals surface area contributed by atoms with Gasteiger partial charge in [0.2, 0.25) is 0 Å². The summed E-state index contributed by atoms with van der Waals surface area (Å²) in [5.41, 5.74) is 1.32. The Morgan fingerprint density at radius 1 is 1.52 bits per heavy atom. The van der Waals surface area contributed by atoms with Gasteiger partial charge in [0, 0.05) is 10.6 Å². The van der Waals surface area contributed by atoms with Crippen molar-refractivity contribution in [1.82, 2.24) is 10.6 Å². The predicted octanol–water partition coefficient (Wildman–Crippen LogP) is 3.50. The lowest BCUT2D eigenvalue weighted by Crippen LogP contribution is -2.45. The van der Waals surface area contributed by atoms with Crippen LogP contribution in [0.2, 0.25) is 0 Å². The van der Waals surface area contributed by atoms with Crippen LogP contribution in [0.5, 0.6) is 0 Å². The zero-order valence-corrected chi connectivity index (χ0v) is 15.2. The summed E-state index contributed by atoms with van der Waals surface area (Å²) in [5, 5.41) is 6.66. The minimum atomic E-state index is -0.307. The monoisotopic (exact) mass is 388 g/mol. The Kier molecular flexibility index (Phi) is 5.40. The second kappa shape index (κ2) is 6.89. The molecule has 0 aliphatic carbocycles. The number of allylic oxidation sites excluding steroid dienone is 1. The summed E-state index contributed by atoms with van der Waals surface area (Å²) in [6.45, 7) is 6.26. The fourth-order valence-corrected chi connectivity index (χ4v) is 3.74. The van der Waals surface area contributed by atoms with Crippen molar-refractivity contribution in [2.45, 2.75) is 26.8 Å². The van der Waals surface area contributed by atoms with Crippen molar-refractivity contribution in [3.8, 4) is 0 Å². The highest BCUT2D eigenvalue weighted by molar-refractivity contribution is 9.11. The number of nitrogens with one attached hydrogen (secondary N) is 2. The van der Waals surface area contributed by atoms with Gasteiger partial charge in [0.25, 0.3) is 0 Å². The van der Waals surface area contributed by atoms with Gasteiger partial charge in [-0.15, -0.1) is 11.3 Å². The number of hydrogen-bond donors (Lipinski definition) is 2. The number of thiocarbonyl (C=S) groups is 1. The van der Waals surface area contributed by atoms with E-state index in [9.17, 15) is 4.79 Å². The zero-order valence-electron chi connectivity index (χ0n) is 12.0. The first-order valence-electron chi connectivity index (χ1n) is 6.59. The van der Waals surface area contributed by atoms with Crippen LogP contribution in [0.1, 0.15) is 31.7 Å². The van der Waals surface area contributed by atoms with E-state index in [1.165, 1.54) is 0 Å². The molecule has 1 aliphatic rings. The Hall–Kier alpha value is -0.920. The first kappa shape index (κ1) is 16.5. The number of thiophene rings is 1. The second-order valence-corrected chi connectivity index (χ2v) is 8.11. The summed E-state index contributed by atoms with van der Waals surface area (Å²) in [5.74, 6) is -0.00649. The number of ether oxygens (including phenoxy) is 1. The van der Waals surface area contributed by atoms with Gasteiger partial charge in [-0.1, -0.05) is 13.8 Å². The van der Waals surface area contributed by atoms with Crippen LogP contribution in [0.25, 0.3) is 0 Å². The molecule has 0 saturated carbocycles. The van der Waals surface area contributed by atoms with Crippen molar-refractivity contribution in [2.75, 3.05) is 6.61 Å². The van der Waals surface area contributed by atoms with Crippen LogP contribution in [0.3, 0.4) is 0 Å². The Morgan fingerprint density at radius 3 is 2.81 bits per heavy atom. The van der Waals surface area contributed by atoms with E-state index in [4.69, 9.17) is 17.0 Å². The Labute approximate surface area is 142 Å². The molecule has 114 valence electrons. The molecule has 0 aromatic carbocycles. The molecule has 21 heavy (non-hydrogen) atoms. The molecule has 2 N–H and O–H groups in total. The van der Waals surface area contributed by atoms with Crippen LogP contribution < -0.4 is 10.6 Å². The normalized spacial score (nSPS) is 18.5. The van der Waals surface area contributed by atoms with E-state index in [1.807, 2.05) is 32.9 Å². The molecule has 7 heteroatoms. The summed E-state index contributed by atoms with van der Waals surface area (Å²) >= 11 is 10.2. The first-order valence-corrected chi connectivity index (χ1v) is 8.61. The van der Waals surface area contributed by atoms with Crippen molar-refractivity contribution in [1.29, 1.82) is 0 Å². The van der Waals surface area contributed by atoms with Crippen molar-refractivity contribution in [3.63, 3.8) is 0 Å². The second-order valence-electron chi connectivity index (χ2n) is 5.20. The van der Waals surface area contributed by atoms with Gasteiger partial charge >= 0.3 is 5.97 Å². The largest absolute Gasteiger partial charge is 0.462 e. The molecule has 1 aromatic heterocycles. The lowest BCUT2D eigenvalue weighted by molar-refractivity contribution is -0.140. The Bertz CT molecular complexity index is 596. The van der Waals surface area contributed by atoms with Gasteiger partial charge in [0.05, 0.1) is 22.0 Å². The van der Waals surface area contributed by atoms with E-state index in [-0.39, 0.29) is 12.0 Å². The van der Waals surface area contributed by atoms with E-state index >= 15 is 0 Å². The number of carbonyl (C=O) groups is 1. The molecule has 0 unspecified atom stereocenters. The highest BCUT2D eigenvalue weighted by atomic mass is 79.9. The molecule has 0 amide bonds. The molecule has 4 nitrogen and oxygen atoms in total. The van der Waals surface area contributed by atoms with Crippen molar-refractivity contribution in [3.05, 3.63) is 32.1 Å². The van der Waals surface area contributed by atoms with Crippen LogP contribution in [0, 0.1) is 5.92 Å². The molecule has 0 fully saturated rings. The molecule has 0 saturated heterocycles. The number of hydrogen-bond acceptors (Lipinski definition) is 4. The standard InChI is InChI=1S/C14H17BrN2O2S2/c1-7(2)6-19-13(18)11-8(3)16-14(20)17-12(11)9-4-5-10(15)21-9/h4-5,7,12H,6H2,1-3H3,(H2,16,17,20)/t12-/m0/s1. The van der Waals surface area contributed by atoms with E-state index in [0.717, 1.165) is 14.4 Å². The lowest BCUT2D eigenvalue weighted by Gasteiger charge is -2.29. The van der Waals surface area contributed by atoms with E-state index in [2.05, 4.69) is 26.6 Å². The Balaban J connectivity index is 2.30. The molecule has 1 aliphatic heterocycles. The fourth-order valence-electron chi connectivity index (χ4n) is 1.98. The molecule has 2 heterocycles. The minimum absolute atomic E-state index is 0.269. The third-order valence-corrected chi connectivity index (χ3v) is 4.82. The molecule has 2 rings (SSSR count). The van der Waals surface area contributed by atoms with Gasteiger partial charge in [-0.25, -0.2) is 4.79 Å². The quantitative estimate of drug-likeness (QED) is 0.610. The summed E-state index contributed by atoms with van der Waals surface area (Å²) < 4.78 is 6.39. The minimum Gasteiger partial charge on any atom is -0.462 e. The van der Waals surface area contributed by atoms with Gasteiger partial charge in [0.1, 0.15) is 0 Å². The van der Waals surface area contributed by atoms with Crippen molar-refractivity contribution in [2.24, 2.45) is 5.92 Å². The smallest absolute Gasteiger partial charge is 0.338 e. The van der Waals surface area contributed by atoms with Gasteiger partial charge in [-0.3, -0.25) is 0 Å². The van der Waals surface area contributed by atoms with E-state index in [1.54, 1.807) is 11.3 Å². The number of esters is 1. The highest BCUT2D eigenvalue weighted by Crippen LogP contribution is 2.34. The third kappa shape index (κ3) is 4.05. The zero-order chi connectivity index (χ0) is 15.6. The van der Waals surface area contributed by atoms with Gasteiger partial charge in [0.15, 0.2) is 5.11 Å². The van der Waals surface area contributed by atoms with E-state index < -0.39 is 0 Å². The summed E-state index contributed by atoms with van der Waals surface area (Å²) in [7, 11) is 0. The maximum Gasteiger partial charge on any atom is 0.338 e. The maximum absolute atomic E-state index is 12.4.